The third-order valence-electron chi connectivity index (χ3n) is 3.27. The number of halogens is 1. The Morgan fingerprint density at radius 2 is 1.79 bits per heavy atom. The van der Waals surface area contributed by atoms with Crippen LogP contribution in [0.4, 0.5) is 0 Å². The Morgan fingerprint density at radius 1 is 1.00 bits per heavy atom. The molecule has 0 fully saturated rings. The Labute approximate surface area is 121 Å². The van der Waals surface area contributed by atoms with Crippen LogP contribution >= 0.6 is 22.9 Å². The van der Waals surface area contributed by atoms with Crippen molar-refractivity contribution in [3.05, 3.63) is 69.4 Å². The van der Waals surface area contributed by atoms with Gasteiger partial charge >= 0.3 is 0 Å². The summed E-state index contributed by atoms with van der Waals surface area (Å²) in [7, 11) is 1.98. The molecule has 0 bridgehead atoms. The monoisotopic (exact) mass is 287 g/mol. The third-order valence-corrected chi connectivity index (χ3v) is 4.57. The Bertz CT molecular complexity index is 705. The van der Waals surface area contributed by atoms with Crippen LogP contribution in [0.1, 0.15) is 16.5 Å². The van der Waals surface area contributed by atoms with Crippen molar-refractivity contribution < 1.29 is 0 Å². The highest BCUT2D eigenvalue weighted by molar-refractivity contribution is 7.16. The molecule has 0 radical (unpaired) electrons. The van der Waals surface area contributed by atoms with Gasteiger partial charge in [0.05, 0.1) is 10.4 Å². The second-order valence-corrected chi connectivity index (χ2v) is 6.22. The molecule has 1 aromatic heterocycles. The summed E-state index contributed by atoms with van der Waals surface area (Å²) in [6.07, 6.45) is 0. The van der Waals surface area contributed by atoms with Crippen molar-refractivity contribution in [3.8, 4) is 0 Å². The van der Waals surface area contributed by atoms with Crippen molar-refractivity contribution in [1.82, 2.24) is 5.32 Å². The highest BCUT2D eigenvalue weighted by atomic mass is 35.5. The number of fused-ring (bicyclic) bond motifs is 1. The molecule has 3 heteroatoms. The highest BCUT2D eigenvalue weighted by Gasteiger charge is 2.14. The molecule has 96 valence electrons. The minimum Gasteiger partial charge on any atom is -0.309 e. The van der Waals surface area contributed by atoms with Gasteiger partial charge in [-0.25, -0.2) is 0 Å². The molecule has 0 amide bonds. The van der Waals surface area contributed by atoms with Gasteiger partial charge in [0.2, 0.25) is 0 Å². The number of nitrogens with one attached hydrogen (secondary N) is 1. The maximum Gasteiger partial charge on any atom is 0.0931 e. The maximum absolute atomic E-state index is 6.03. The Kier molecular flexibility index (Phi) is 3.56. The highest BCUT2D eigenvalue weighted by Crippen LogP contribution is 2.32. The van der Waals surface area contributed by atoms with Gasteiger partial charge in [-0.1, -0.05) is 48.0 Å². The molecule has 0 aliphatic carbocycles. The summed E-state index contributed by atoms with van der Waals surface area (Å²) < 4.78 is 0.830. The van der Waals surface area contributed by atoms with Gasteiger partial charge in [0.15, 0.2) is 0 Å². The maximum atomic E-state index is 6.03. The van der Waals surface area contributed by atoms with E-state index in [-0.39, 0.29) is 6.04 Å². The quantitative estimate of drug-likeness (QED) is 0.725. The number of hydrogen-bond donors (Lipinski definition) is 1. The van der Waals surface area contributed by atoms with Crippen LogP contribution in [0.2, 0.25) is 4.34 Å². The van der Waals surface area contributed by atoms with Crippen LogP contribution in [-0.4, -0.2) is 7.05 Å². The Balaban J connectivity index is 2.06. The van der Waals surface area contributed by atoms with E-state index in [1.54, 1.807) is 11.3 Å². The number of hydrogen-bond acceptors (Lipinski definition) is 2. The zero-order valence-corrected chi connectivity index (χ0v) is 12.1. The van der Waals surface area contributed by atoms with E-state index in [0.717, 1.165) is 4.34 Å². The van der Waals surface area contributed by atoms with E-state index in [2.05, 4.69) is 53.8 Å². The van der Waals surface area contributed by atoms with E-state index >= 15 is 0 Å². The lowest BCUT2D eigenvalue weighted by molar-refractivity contribution is 0.705. The third kappa shape index (κ3) is 2.52. The molecule has 1 nitrogen and oxygen atoms in total. The van der Waals surface area contributed by atoms with E-state index in [4.69, 9.17) is 11.6 Å². The second kappa shape index (κ2) is 5.33. The first kappa shape index (κ1) is 12.7. The largest absolute Gasteiger partial charge is 0.309 e. The summed E-state index contributed by atoms with van der Waals surface area (Å²) in [6, 6.07) is 19.2. The number of rotatable bonds is 3. The van der Waals surface area contributed by atoms with Crippen LogP contribution in [0.25, 0.3) is 10.8 Å². The summed E-state index contributed by atoms with van der Waals surface area (Å²) in [6.45, 7) is 0. The molecule has 0 saturated carbocycles. The van der Waals surface area contributed by atoms with Gasteiger partial charge < -0.3 is 5.32 Å². The minimum atomic E-state index is 0.196. The zero-order chi connectivity index (χ0) is 13.2. The summed E-state index contributed by atoms with van der Waals surface area (Å²) in [5.41, 5.74) is 1.26. The molecular formula is C16H14ClNS. The molecule has 1 heterocycles. The van der Waals surface area contributed by atoms with Crippen LogP contribution in [0, 0.1) is 0 Å². The van der Waals surface area contributed by atoms with Gasteiger partial charge in [-0.2, -0.15) is 0 Å². The van der Waals surface area contributed by atoms with E-state index in [1.807, 2.05) is 13.1 Å². The lowest BCUT2D eigenvalue weighted by atomic mass is 10.0. The average Bonchev–Trinajstić information content (AvgIpc) is 2.86. The zero-order valence-electron chi connectivity index (χ0n) is 10.6. The Morgan fingerprint density at radius 3 is 2.47 bits per heavy atom. The first-order chi connectivity index (χ1) is 9.28. The molecule has 0 aliphatic heterocycles. The lowest BCUT2D eigenvalue weighted by Crippen LogP contribution is -2.16. The van der Waals surface area contributed by atoms with Gasteiger partial charge in [0, 0.05) is 4.88 Å². The predicted molar refractivity (Wildman–Crippen MR) is 84.2 cm³/mol. The molecule has 2 aromatic carbocycles. The fourth-order valence-electron chi connectivity index (χ4n) is 2.34. The van der Waals surface area contributed by atoms with Crippen LogP contribution in [0.3, 0.4) is 0 Å². The Hall–Kier alpha value is -1.35. The van der Waals surface area contributed by atoms with Crippen LogP contribution in [0.5, 0.6) is 0 Å². The van der Waals surface area contributed by atoms with Crippen molar-refractivity contribution in [2.75, 3.05) is 7.05 Å². The molecule has 0 aliphatic rings. The van der Waals surface area contributed by atoms with Crippen molar-refractivity contribution in [2.24, 2.45) is 0 Å². The second-order valence-electron chi connectivity index (χ2n) is 4.47. The lowest BCUT2D eigenvalue weighted by Gasteiger charge is -2.15. The molecule has 1 atom stereocenters. The predicted octanol–water partition coefficient (Wildman–Crippen LogP) is 4.86. The molecule has 0 saturated heterocycles. The topological polar surface area (TPSA) is 12.0 Å². The minimum absolute atomic E-state index is 0.196. The van der Waals surface area contributed by atoms with Crippen LogP contribution < -0.4 is 5.32 Å². The van der Waals surface area contributed by atoms with E-state index in [0.29, 0.717) is 0 Å². The number of benzene rings is 2. The van der Waals surface area contributed by atoms with Crippen molar-refractivity contribution >= 4 is 33.7 Å². The molecule has 3 aromatic rings. The molecular weight excluding hydrogens is 274 g/mol. The fraction of sp³-hybridized carbons (Fsp3) is 0.125. The van der Waals surface area contributed by atoms with Crippen molar-refractivity contribution in [1.29, 1.82) is 0 Å². The summed E-state index contributed by atoms with van der Waals surface area (Å²) in [4.78, 5) is 1.24. The molecule has 1 N–H and O–H groups in total. The first-order valence-corrected chi connectivity index (χ1v) is 7.38. The SMILES string of the molecule is CNC(c1ccc2ccccc2c1)c1ccc(Cl)s1. The standard InChI is InChI=1S/C16H14ClNS/c1-18-16(14-8-9-15(17)19-14)13-7-6-11-4-2-3-5-12(11)10-13/h2-10,16,18H,1H3. The van der Waals surface area contributed by atoms with E-state index in [9.17, 15) is 0 Å². The van der Waals surface area contributed by atoms with Gasteiger partial charge in [0.25, 0.3) is 0 Å². The van der Waals surface area contributed by atoms with Crippen molar-refractivity contribution in [3.63, 3.8) is 0 Å². The fourth-order valence-corrected chi connectivity index (χ4v) is 3.54. The molecule has 0 spiro atoms. The molecule has 1 unspecified atom stereocenters. The van der Waals surface area contributed by atoms with E-state index in [1.165, 1.54) is 21.2 Å². The van der Waals surface area contributed by atoms with Gasteiger partial charge in [-0.15, -0.1) is 11.3 Å². The number of thiophene rings is 1. The van der Waals surface area contributed by atoms with E-state index < -0.39 is 0 Å². The van der Waals surface area contributed by atoms with Gasteiger partial charge in [0.1, 0.15) is 0 Å². The summed E-state index contributed by atoms with van der Waals surface area (Å²) in [5.74, 6) is 0. The smallest absolute Gasteiger partial charge is 0.0931 e. The van der Waals surface area contributed by atoms with Crippen LogP contribution in [0.15, 0.2) is 54.6 Å². The molecule has 19 heavy (non-hydrogen) atoms. The van der Waals surface area contributed by atoms with Gasteiger partial charge in [-0.05, 0) is 41.6 Å². The normalized spacial score (nSPS) is 12.7. The molecule has 3 rings (SSSR count). The summed E-state index contributed by atoms with van der Waals surface area (Å²) >= 11 is 7.66. The summed E-state index contributed by atoms with van der Waals surface area (Å²) in [5, 5.41) is 5.90. The van der Waals surface area contributed by atoms with Crippen LogP contribution in [-0.2, 0) is 0 Å². The van der Waals surface area contributed by atoms with Crippen molar-refractivity contribution in [2.45, 2.75) is 6.04 Å². The van der Waals surface area contributed by atoms with Gasteiger partial charge in [-0.3, -0.25) is 0 Å². The first-order valence-electron chi connectivity index (χ1n) is 6.19. The average molecular weight is 288 g/mol.